The van der Waals surface area contributed by atoms with Gasteiger partial charge in [-0.15, -0.1) is 11.3 Å². The molecule has 2 aromatic heterocycles. The van der Waals surface area contributed by atoms with Gasteiger partial charge in [0.05, 0.1) is 16.8 Å². The normalized spacial score (nSPS) is 13.5. The quantitative estimate of drug-likeness (QED) is 0.366. The zero-order chi connectivity index (χ0) is 22.8. The number of fused-ring (bicyclic) bond motifs is 3. The number of thioether (sulfide) groups is 1. The second-order valence-corrected chi connectivity index (χ2v) is 10.4. The van der Waals surface area contributed by atoms with Crippen LogP contribution in [0.15, 0.2) is 28.2 Å². The molecule has 0 spiro atoms. The minimum Gasteiger partial charge on any atom is -0.323 e. The molecule has 2 heterocycles. The molecule has 0 fully saturated rings. The van der Waals surface area contributed by atoms with Gasteiger partial charge >= 0.3 is 0 Å². The molecule has 0 aliphatic heterocycles. The van der Waals surface area contributed by atoms with E-state index in [1.54, 1.807) is 15.9 Å². The van der Waals surface area contributed by atoms with Crippen LogP contribution >= 0.6 is 23.1 Å². The van der Waals surface area contributed by atoms with Crippen LogP contribution in [0.1, 0.15) is 43.6 Å². The molecule has 9 heteroatoms. The Morgan fingerprint density at radius 2 is 2.06 bits per heavy atom. The van der Waals surface area contributed by atoms with Gasteiger partial charge in [0.2, 0.25) is 5.91 Å². The van der Waals surface area contributed by atoms with E-state index in [0.29, 0.717) is 17.6 Å². The number of carbonyl (C=O) groups excluding carboxylic acids is 1. The van der Waals surface area contributed by atoms with Gasteiger partial charge in [0.1, 0.15) is 16.5 Å². The minimum atomic E-state index is -0.706. The predicted molar refractivity (Wildman–Crippen MR) is 126 cm³/mol. The van der Waals surface area contributed by atoms with E-state index < -0.39 is 17.5 Å². The summed E-state index contributed by atoms with van der Waals surface area (Å²) in [6, 6.07) is 2.90. The Hall–Kier alpha value is -2.26. The van der Waals surface area contributed by atoms with Gasteiger partial charge in [0, 0.05) is 17.5 Å². The number of aryl methyl sites for hydroxylation is 2. The second-order valence-electron chi connectivity index (χ2n) is 8.39. The predicted octanol–water partition coefficient (Wildman–Crippen LogP) is 5.39. The number of aromatic nitrogens is 2. The molecule has 0 bridgehead atoms. The summed E-state index contributed by atoms with van der Waals surface area (Å²) in [6.45, 7) is 4.71. The molecule has 0 unspecified atom stereocenters. The van der Waals surface area contributed by atoms with Crippen molar-refractivity contribution in [1.82, 2.24) is 9.55 Å². The molecule has 0 radical (unpaired) electrons. The Bertz CT molecular complexity index is 1220. The van der Waals surface area contributed by atoms with E-state index in [0.717, 1.165) is 77.8 Å². The van der Waals surface area contributed by atoms with Crippen LogP contribution in [0.4, 0.5) is 14.5 Å². The van der Waals surface area contributed by atoms with Crippen molar-refractivity contribution in [2.24, 2.45) is 5.92 Å². The molecular weight excluding hydrogens is 452 g/mol. The second kappa shape index (κ2) is 9.70. The summed E-state index contributed by atoms with van der Waals surface area (Å²) >= 11 is 2.71. The lowest BCUT2D eigenvalue weighted by Crippen LogP contribution is -2.25. The minimum absolute atomic E-state index is 0.0471. The lowest BCUT2D eigenvalue weighted by atomic mass is 9.97. The van der Waals surface area contributed by atoms with Gasteiger partial charge in [-0.05, 0) is 55.7 Å². The van der Waals surface area contributed by atoms with Crippen molar-refractivity contribution in [2.75, 3.05) is 11.1 Å². The number of amides is 1. The Labute approximate surface area is 193 Å². The molecule has 1 aliphatic rings. The molecular formula is C23H25F2N3O2S2. The van der Waals surface area contributed by atoms with Gasteiger partial charge in [-0.3, -0.25) is 14.2 Å². The standard InChI is InChI=1S/C23H25F2N3O2S2/c1-13(2)9-10-28-22(30)20-15-5-3-4-6-18(15)32-21(20)27-23(28)31-12-19(29)26-17-11-14(24)7-8-16(17)25/h7-8,11,13H,3-6,9-10,12H2,1-2H3,(H,26,29). The van der Waals surface area contributed by atoms with Crippen LogP contribution < -0.4 is 10.9 Å². The third kappa shape index (κ3) is 4.88. The lowest BCUT2D eigenvalue weighted by Gasteiger charge is -2.14. The monoisotopic (exact) mass is 477 g/mol. The molecule has 0 saturated heterocycles. The van der Waals surface area contributed by atoms with Crippen LogP contribution in [0, 0.1) is 17.6 Å². The van der Waals surface area contributed by atoms with Gasteiger partial charge in [-0.25, -0.2) is 13.8 Å². The SMILES string of the molecule is CC(C)CCn1c(SCC(=O)Nc2cc(F)ccc2F)nc2sc3c(c2c1=O)CCCC3. The number of carbonyl (C=O) groups is 1. The summed E-state index contributed by atoms with van der Waals surface area (Å²) in [7, 11) is 0. The number of thiophene rings is 1. The zero-order valence-electron chi connectivity index (χ0n) is 18.0. The topological polar surface area (TPSA) is 64.0 Å². The lowest BCUT2D eigenvalue weighted by molar-refractivity contribution is -0.113. The summed E-state index contributed by atoms with van der Waals surface area (Å²) in [5.74, 6) is -1.49. The first-order valence-electron chi connectivity index (χ1n) is 10.8. The molecule has 3 aromatic rings. The third-order valence-corrected chi connectivity index (χ3v) is 7.67. The molecule has 0 atom stereocenters. The van der Waals surface area contributed by atoms with Crippen molar-refractivity contribution in [3.8, 4) is 0 Å². The summed E-state index contributed by atoms with van der Waals surface area (Å²) in [5.41, 5.74) is 0.888. The number of hydrogen-bond donors (Lipinski definition) is 1. The largest absolute Gasteiger partial charge is 0.323 e. The first kappa shape index (κ1) is 22.9. The van der Waals surface area contributed by atoms with E-state index in [-0.39, 0.29) is 17.0 Å². The average Bonchev–Trinajstić information content (AvgIpc) is 3.12. The number of anilines is 1. The maximum absolute atomic E-state index is 13.8. The van der Waals surface area contributed by atoms with Gasteiger partial charge in [-0.1, -0.05) is 25.6 Å². The number of rotatable bonds is 7. The highest BCUT2D eigenvalue weighted by Gasteiger charge is 2.22. The van der Waals surface area contributed by atoms with Crippen molar-refractivity contribution < 1.29 is 13.6 Å². The molecule has 5 nitrogen and oxygen atoms in total. The average molecular weight is 478 g/mol. The Morgan fingerprint density at radius 3 is 2.84 bits per heavy atom. The van der Waals surface area contributed by atoms with Crippen molar-refractivity contribution in [3.05, 3.63) is 50.6 Å². The van der Waals surface area contributed by atoms with E-state index in [1.165, 1.54) is 4.88 Å². The smallest absolute Gasteiger partial charge is 0.263 e. The van der Waals surface area contributed by atoms with Crippen LogP contribution in [0.5, 0.6) is 0 Å². The summed E-state index contributed by atoms with van der Waals surface area (Å²) in [5, 5.41) is 3.60. The fourth-order valence-electron chi connectivity index (χ4n) is 3.82. The fraction of sp³-hybridized carbons (Fsp3) is 0.435. The Morgan fingerprint density at radius 1 is 1.28 bits per heavy atom. The summed E-state index contributed by atoms with van der Waals surface area (Å²) in [4.78, 5) is 32.6. The molecule has 0 saturated carbocycles. The van der Waals surface area contributed by atoms with Crippen LogP contribution in [0.25, 0.3) is 10.2 Å². The molecule has 1 aliphatic carbocycles. The number of nitrogens with zero attached hydrogens (tertiary/aromatic N) is 2. The third-order valence-electron chi connectivity index (χ3n) is 5.50. The molecule has 1 N–H and O–H groups in total. The summed E-state index contributed by atoms with van der Waals surface area (Å²) < 4.78 is 28.9. The highest BCUT2D eigenvalue weighted by atomic mass is 32.2. The highest BCUT2D eigenvalue weighted by molar-refractivity contribution is 7.99. The van der Waals surface area contributed by atoms with Crippen LogP contribution in [0.3, 0.4) is 0 Å². The van der Waals surface area contributed by atoms with E-state index in [4.69, 9.17) is 4.98 Å². The van der Waals surface area contributed by atoms with E-state index in [2.05, 4.69) is 19.2 Å². The highest BCUT2D eigenvalue weighted by Crippen LogP contribution is 2.34. The number of nitrogens with one attached hydrogen (secondary N) is 1. The van der Waals surface area contributed by atoms with Gasteiger partial charge < -0.3 is 5.32 Å². The maximum atomic E-state index is 13.8. The molecule has 1 amide bonds. The Balaban J connectivity index is 1.61. The van der Waals surface area contributed by atoms with Crippen LogP contribution in [-0.4, -0.2) is 21.2 Å². The van der Waals surface area contributed by atoms with Crippen molar-refractivity contribution in [2.45, 2.75) is 57.7 Å². The van der Waals surface area contributed by atoms with Gasteiger partial charge in [0.15, 0.2) is 5.16 Å². The van der Waals surface area contributed by atoms with Crippen molar-refractivity contribution in [1.29, 1.82) is 0 Å². The molecule has 170 valence electrons. The van der Waals surface area contributed by atoms with Crippen molar-refractivity contribution in [3.63, 3.8) is 0 Å². The summed E-state index contributed by atoms with van der Waals surface area (Å²) in [6.07, 6.45) is 4.90. The van der Waals surface area contributed by atoms with Crippen molar-refractivity contribution >= 4 is 44.9 Å². The first-order valence-corrected chi connectivity index (χ1v) is 12.6. The number of hydrogen-bond acceptors (Lipinski definition) is 5. The fourth-order valence-corrected chi connectivity index (χ4v) is 5.95. The van der Waals surface area contributed by atoms with E-state index in [1.807, 2.05) is 0 Å². The number of halogens is 2. The zero-order valence-corrected chi connectivity index (χ0v) is 19.7. The van der Waals surface area contributed by atoms with Gasteiger partial charge in [-0.2, -0.15) is 0 Å². The Kier molecular flexibility index (Phi) is 6.95. The number of benzene rings is 1. The molecule has 4 rings (SSSR count). The first-order chi connectivity index (χ1) is 15.3. The van der Waals surface area contributed by atoms with Gasteiger partial charge in [0.25, 0.3) is 5.56 Å². The van der Waals surface area contributed by atoms with E-state index >= 15 is 0 Å². The molecule has 1 aromatic carbocycles. The van der Waals surface area contributed by atoms with E-state index in [9.17, 15) is 18.4 Å². The van der Waals surface area contributed by atoms with Crippen LogP contribution in [-0.2, 0) is 24.2 Å². The van der Waals surface area contributed by atoms with Crippen LogP contribution in [0.2, 0.25) is 0 Å². The maximum Gasteiger partial charge on any atom is 0.263 e. The molecule has 32 heavy (non-hydrogen) atoms.